The molecule has 0 saturated heterocycles. The van der Waals surface area contributed by atoms with Gasteiger partial charge in [-0.05, 0) is 35.9 Å². The van der Waals surface area contributed by atoms with Crippen LogP contribution in [0.1, 0.15) is 12.0 Å². The van der Waals surface area contributed by atoms with Crippen LogP contribution >= 0.6 is 11.6 Å². The topological polar surface area (TPSA) is 94.4 Å². The van der Waals surface area contributed by atoms with Crippen molar-refractivity contribution >= 4 is 27.5 Å². The fourth-order valence-electron chi connectivity index (χ4n) is 2.35. The molecule has 1 aromatic heterocycles. The number of likely N-dealkylation sites (N-methyl/N-ethyl adjacent to an activating group) is 1. The second-order valence-corrected chi connectivity index (χ2v) is 8.28. The van der Waals surface area contributed by atoms with E-state index in [0.29, 0.717) is 5.02 Å². The molecule has 0 atom stereocenters. The van der Waals surface area contributed by atoms with E-state index in [9.17, 15) is 13.2 Å². The highest BCUT2D eigenvalue weighted by atomic mass is 35.5. The van der Waals surface area contributed by atoms with E-state index in [0.717, 1.165) is 9.87 Å². The molecule has 9 heteroatoms. The maximum Gasteiger partial charge on any atom is 0.243 e. The number of halogens is 1. The van der Waals surface area contributed by atoms with E-state index >= 15 is 0 Å². The Labute approximate surface area is 163 Å². The highest BCUT2D eigenvalue weighted by Gasteiger charge is 2.25. The zero-order valence-electron chi connectivity index (χ0n) is 14.7. The summed E-state index contributed by atoms with van der Waals surface area (Å²) in [5, 5.41) is 9.25. The molecular formula is C18H19ClN4O3S. The summed E-state index contributed by atoms with van der Waals surface area (Å²) in [7, 11) is -2.49. The number of carbonyl (C=O) groups excluding carboxylic acids is 1. The second-order valence-electron chi connectivity index (χ2n) is 5.80. The Morgan fingerprint density at radius 1 is 1.26 bits per heavy atom. The van der Waals surface area contributed by atoms with Crippen molar-refractivity contribution in [3.8, 4) is 6.07 Å². The smallest absolute Gasteiger partial charge is 0.243 e. The van der Waals surface area contributed by atoms with Crippen molar-refractivity contribution in [1.82, 2.24) is 14.2 Å². The van der Waals surface area contributed by atoms with Gasteiger partial charge in [0.25, 0.3) is 0 Å². The number of nitriles is 1. The number of rotatable bonds is 8. The molecule has 0 N–H and O–H groups in total. The summed E-state index contributed by atoms with van der Waals surface area (Å²) in [4.78, 5) is 18.2. The second kappa shape index (κ2) is 9.46. The van der Waals surface area contributed by atoms with Gasteiger partial charge in [0.15, 0.2) is 0 Å². The Morgan fingerprint density at radius 2 is 1.96 bits per heavy atom. The van der Waals surface area contributed by atoms with E-state index < -0.39 is 15.9 Å². The lowest BCUT2D eigenvalue weighted by atomic mass is 10.2. The lowest BCUT2D eigenvalue weighted by Crippen LogP contribution is -2.41. The van der Waals surface area contributed by atoms with Gasteiger partial charge in [-0.1, -0.05) is 17.7 Å². The van der Waals surface area contributed by atoms with Crippen molar-refractivity contribution in [1.29, 1.82) is 5.26 Å². The molecule has 0 fully saturated rings. The first-order valence-corrected chi connectivity index (χ1v) is 9.92. The van der Waals surface area contributed by atoms with Crippen LogP contribution in [0.5, 0.6) is 0 Å². The van der Waals surface area contributed by atoms with E-state index in [1.54, 1.807) is 18.5 Å². The molecule has 2 aromatic rings. The molecule has 0 spiro atoms. The number of sulfonamides is 1. The van der Waals surface area contributed by atoms with Crippen LogP contribution in [0.15, 0.2) is 53.7 Å². The number of benzene rings is 1. The third kappa shape index (κ3) is 5.76. The van der Waals surface area contributed by atoms with Crippen molar-refractivity contribution in [2.75, 3.05) is 20.1 Å². The number of amides is 1. The zero-order chi connectivity index (χ0) is 19.9. The van der Waals surface area contributed by atoms with E-state index in [1.165, 1.54) is 36.2 Å². The minimum atomic E-state index is -3.83. The summed E-state index contributed by atoms with van der Waals surface area (Å²) in [6.45, 7) is 0.124. The Balaban J connectivity index is 2.12. The van der Waals surface area contributed by atoms with Gasteiger partial charge in [-0.3, -0.25) is 9.78 Å². The van der Waals surface area contributed by atoms with Gasteiger partial charge in [0.05, 0.1) is 23.9 Å². The molecule has 7 nitrogen and oxygen atoms in total. The van der Waals surface area contributed by atoms with E-state index in [4.69, 9.17) is 16.9 Å². The molecule has 0 bridgehead atoms. The van der Waals surface area contributed by atoms with Crippen LogP contribution in [0.4, 0.5) is 0 Å². The quantitative estimate of drug-likeness (QED) is 0.670. The molecule has 1 amide bonds. The molecule has 0 aliphatic rings. The number of hydrogen-bond acceptors (Lipinski definition) is 5. The standard InChI is InChI=1S/C18H19ClN4O3S/c1-22(27(25,26)17-7-5-16(19)6-8-17)14-18(24)23(11-3-9-20)13-15-4-2-10-21-12-15/h2,4-8,10,12H,3,11,13-14H2,1H3. The molecule has 0 saturated carbocycles. The first kappa shape index (κ1) is 20.8. The van der Waals surface area contributed by atoms with Crippen LogP contribution in [0.2, 0.25) is 5.02 Å². The number of pyridine rings is 1. The molecule has 27 heavy (non-hydrogen) atoms. The maximum atomic E-state index is 12.7. The van der Waals surface area contributed by atoms with Crippen LogP contribution < -0.4 is 0 Å². The van der Waals surface area contributed by atoms with Crippen molar-refractivity contribution in [3.63, 3.8) is 0 Å². The SMILES string of the molecule is CN(CC(=O)N(CCC#N)Cc1cccnc1)S(=O)(=O)c1ccc(Cl)cc1. The average molecular weight is 407 g/mol. The molecular weight excluding hydrogens is 388 g/mol. The fourth-order valence-corrected chi connectivity index (χ4v) is 3.60. The number of carbonyl (C=O) groups is 1. The van der Waals surface area contributed by atoms with Crippen molar-refractivity contribution in [2.45, 2.75) is 17.9 Å². The summed E-state index contributed by atoms with van der Waals surface area (Å²) in [5.41, 5.74) is 0.798. The van der Waals surface area contributed by atoms with Gasteiger partial charge < -0.3 is 4.90 Å². The van der Waals surface area contributed by atoms with E-state index in [-0.39, 0.29) is 31.0 Å². The molecule has 2 rings (SSSR count). The Kier molecular flexibility index (Phi) is 7.30. The van der Waals surface area contributed by atoms with Crippen molar-refractivity contribution in [3.05, 3.63) is 59.4 Å². The van der Waals surface area contributed by atoms with Crippen molar-refractivity contribution in [2.24, 2.45) is 0 Å². The summed E-state index contributed by atoms with van der Waals surface area (Å²) in [6, 6.07) is 11.3. The van der Waals surface area contributed by atoms with Gasteiger partial charge in [0.2, 0.25) is 15.9 Å². The van der Waals surface area contributed by atoms with Crippen LogP contribution in [-0.4, -0.2) is 48.7 Å². The number of nitrogens with zero attached hydrogens (tertiary/aromatic N) is 4. The minimum absolute atomic E-state index is 0.0537. The summed E-state index contributed by atoms with van der Waals surface area (Å²) >= 11 is 5.79. The summed E-state index contributed by atoms with van der Waals surface area (Å²) < 4.78 is 26.2. The van der Waals surface area contributed by atoms with Crippen LogP contribution in [-0.2, 0) is 21.4 Å². The number of hydrogen-bond donors (Lipinski definition) is 0. The molecule has 0 radical (unpaired) electrons. The highest BCUT2D eigenvalue weighted by Crippen LogP contribution is 2.17. The number of aromatic nitrogens is 1. The van der Waals surface area contributed by atoms with Gasteiger partial charge in [0.1, 0.15) is 0 Å². The predicted octanol–water partition coefficient (Wildman–Crippen LogP) is 2.30. The zero-order valence-corrected chi connectivity index (χ0v) is 16.3. The molecule has 0 unspecified atom stereocenters. The third-order valence-electron chi connectivity index (χ3n) is 3.82. The largest absolute Gasteiger partial charge is 0.336 e. The van der Waals surface area contributed by atoms with Crippen LogP contribution in [0, 0.1) is 11.3 Å². The average Bonchev–Trinajstić information content (AvgIpc) is 2.66. The van der Waals surface area contributed by atoms with Gasteiger partial charge in [-0.2, -0.15) is 9.57 Å². The lowest BCUT2D eigenvalue weighted by Gasteiger charge is -2.24. The van der Waals surface area contributed by atoms with Gasteiger partial charge >= 0.3 is 0 Å². The van der Waals surface area contributed by atoms with E-state index in [2.05, 4.69) is 4.98 Å². The fraction of sp³-hybridized carbons (Fsp3) is 0.278. The molecule has 0 aliphatic carbocycles. The van der Waals surface area contributed by atoms with Crippen molar-refractivity contribution < 1.29 is 13.2 Å². The molecule has 1 heterocycles. The Bertz CT molecular complexity index is 912. The Morgan fingerprint density at radius 3 is 2.56 bits per heavy atom. The molecule has 1 aromatic carbocycles. The molecule has 0 aliphatic heterocycles. The maximum absolute atomic E-state index is 12.7. The van der Waals surface area contributed by atoms with Gasteiger partial charge in [0, 0.05) is 37.6 Å². The van der Waals surface area contributed by atoms with Crippen LogP contribution in [0.25, 0.3) is 0 Å². The minimum Gasteiger partial charge on any atom is -0.336 e. The first-order valence-electron chi connectivity index (χ1n) is 8.10. The lowest BCUT2D eigenvalue weighted by molar-refractivity contribution is -0.131. The predicted molar refractivity (Wildman–Crippen MR) is 101 cm³/mol. The normalized spacial score (nSPS) is 11.2. The third-order valence-corrected chi connectivity index (χ3v) is 5.89. The highest BCUT2D eigenvalue weighted by molar-refractivity contribution is 7.89. The van der Waals surface area contributed by atoms with Gasteiger partial charge in [-0.15, -0.1) is 0 Å². The summed E-state index contributed by atoms with van der Waals surface area (Å²) in [6.07, 6.45) is 3.40. The van der Waals surface area contributed by atoms with E-state index in [1.807, 2.05) is 12.1 Å². The van der Waals surface area contributed by atoms with Crippen LogP contribution in [0.3, 0.4) is 0 Å². The Hall–Kier alpha value is -2.47. The monoisotopic (exact) mass is 406 g/mol. The molecule has 142 valence electrons. The summed E-state index contributed by atoms with van der Waals surface area (Å²) in [5.74, 6) is -0.394. The first-order chi connectivity index (χ1) is 12.8. The van der Waals surface area contributed by atoms with Gasteiger partial charge in [-0.25, -0.2) is 8.42 Å².